The lowest BCUT2D eigenvalue weighted by molar-refractivity contribution is 0.0580. The summed E-state index contributed by atoms with van der Waals surface area (Å²) in [5.74, 6) is 1.29. The maximum atomic E-state index is 12.8. The molecular weight excluding hydrogens is 294 g/mol. The average Bonchev–Trinajstić information content (AvgIpc) is 3.15. The van der Waals surface area contributed by atoms with Crippen molar-refractivity contribution >= 4 is 5.91 Å². The smallest absolute Gasteiger partial charge is 0.257 e. The van der Waals surface area contributed by atoms with Crippen LogP contribution in [0, 0.1) is 0 Å². The van der Waals surface area contributed by atoms with E-state index in [-0.39, 0.29) is 5.91 Å². The molecule has 0 aromatic heterocycles. The topological polar surface area (TPSA) is 54.0 Å². The van der Waals surface area contributed by atoms with Crippen LogP contribution in [0.5, 0.6) is 11.5 Å². The molecule has 2 aliphatic rings. The van der Waals surface area contributed by atoms with Crippen molar-refractivity contribution in [3.05, 3.63) is 23.8 Å². The Morgan fingerprint density at radius 3 is 2.57 bits per heavy atom. The summed E-state index contributed by atoms with van der Waals surface area (Å²) in [6.07, 6.45) is 1.21. The molecule has 23 heavy (non-hydrogen) atoms. The van der Waals surface area contributed by atoms with Gasteiger partial charge in [-0.1, -0.05) is 0 Å². The molecule has 1 amide bonds. The van der Waals surface area contributed by atoms with Gasteiger partial charge in [0.2, 0.25) is 0 Å². The van der Waals surface area contributed by atoms with Gasteiger partial charge in [0, 0.05) is 38.8 Å². The summed E-state index contributed by atoms with van der Waals surface area (Å²) in [7, 11) is 3.19. The fourth-order valence-corrected chi connectivity index (χ4v) is 3.39. The van der Waals surface area contributed by atoms with Gasteiger partial charge in [0.15, 0.2) is 0 Å². The molecule has 2 heterocycles. The van der Waals surface area contributed by atoms with Gasteiger partial charge < -0.3 is 19.7 Å². The zero-order valence-corrected chi connectivity index (χ0v) is 13.9. The Bertz CT molecular complexity index is 550. The molecule has 0 aliphatic carbocycles. The summed E-state index contributed by atoms with van der Waals surface area (Å²) < 4.78 is 10.6. The number of amides is 1. The fraction of sp³-hybridized carbons (Fsp3) is 0.588. The van der Waals surface area contributed by atoms with Crippen molar-refractivity contribution < 1.29 is 14.3 Å². The first-order valence-electron chi connectivity index (χ1n) is 8.19. The summed E-state index contributed by atoms with van der Waals surface area (Å²) in [5.41, 5.74) is 0.572. The number of piperazine rings is 1. The molecule has 2 saturated heterocycles. The molecule has 126 valence electrons. The second-order valence-corrected chi connectivity index (χ2v) is 6.04. The minimum atomic E-state index is 0.0185. The van der Waals surface area contributed by atoms with E-state index in [1.54, 1.807) is 32.4 Å². The summed E-state index contributed by atoms with van der Waals surface area (Å²) in [6, 6.07) is 5.97. The molecule has 1 atom stereocenters. The molecular formula is C17H25N3O3. The van der Waals surface area contributed by atoms with E-state index in [0.29, 0.717) is 23.1 Å². The maximum absolute atomic E-state index is 12.8. The molecule has 0 bridgehead atoms. The first kappa shape index (κ1) is 16.1. The third kappa shape index (κ3) is 3.43. The number of methoxy groups -OCH3 is 2. The Labute approximate surface area is 137 Å². The van der Waals surface area contributed by atoms with E-state index in [9.17, 15) is 4.79 Å². The summed E-state index contributed by atoms with van der Waals surface area (Å²) >= 11 is 0. The van der Waals surface area contributed by atoms with Crippen LogP contribution in [0.3, 0.4) is 0 Å². The minimum Gasteiger partial charge on any atom is -0.497 e. The van der Waals surface area contributed by atoms with Crippen LogP contribution in [0.2, 0.25) is 0 Å². The lowest BCUT2D eigenvalue weighted by atomic mass is 10.1. The first-order chi connectivity index (χ1) is 11.2. The zero-order chi connectivity index (χ0) is 16.2. The molecule has 1 aromatic carbocycles. The normalized spacial score (nSPS) is 22.2. The lowest BCUT2D eigenvalue weighted by Crippen LogP contribution is -2.52. The molecule has 6 heteroatoms. The van der Waals surface area contributed by atoms with Gasteiger partial charge in [-0.15, -0.1) is 0 Å². The van der Waals surface area contributed by atoms with Crippen molar-refractivity contribution in [3.63, 3.8) is 0 Å². The number of benzene rings is 1. The van der Waals surface area contributed by atoms with E-state index in [1.165, 1.54) is 6.42 Å². The van der Waals surface area contributed by atoms with E-state index in [4.69, 9.17) is 9.47 Å². The molecule has 6 nitrogen and oxygen atoms in total. The van der Waals surface area contributed by atoms with Gasteiger partial charge >= 0.3 is 0 Å². The molecule has 0 radical (unpaired) electrons. The second-order valence-electron chi connectivity index (χ2n) is 6.04. The standard InChI is InChI=1S/C17H25N3O3/c1-22-14-3-4-16(23-2)15(11-14)17(21)20-9-7-19(8-10-20)13-5-6-18-12-13/h3-4,11,13,18H,5-10,12H2,1-2H3. The number of nitrogens with zero attached hydrogens (tertiary/aromatic N) is 2. The second kappa shape index (κ2) is 7.19. The average molecular weight is 319 g/mol. The van der Waals surface area contributed by atoms with Crippen molar-refractivity contribution in [1.29, 1.82) is 0 Å². The van der Waals surface area contributed by atoms with Gasteiger partial charge in [-0.3, -0.25) is 9.69 Å². The van der Waals surface area contributed by atoms with Gasteiger partial charge in [0.1, 0.15) is 11.5 Å². The van der Waals surface area contributed by atoms with Gasteiger partial charge in [0.05, 0.1) is 19.8 Å². The van der Waals surface area contributed by atoms with Crippen molar-refractivity contribution in [2.75, 3.05) is 53.5 Å². The summed E-state index contributed by atoms with van der Waals surface area (Å²) in [6.45, 7) is 5.56. The fourth-order valence-electron chi connectivity index (χ4n) is 3.39. The molecule has 0 spiro atoms. The lowest BCUT2D eigenvalue weighted by Gasteiger charge is -2.38. The van der Waals surface area contributed by atoms with E-state index in [0.717, 1.165) is 39.3 Å². The minimum absolute atomic E-state index is 0.0185. The number of hydrogen-bond donors (Lipinski definition) is 1. The zero-order valence-electron chi connectivity index (χ0n) is 13.9. The van der Waals surface area contributed by atoms with Crippen LogP contribution in [0.1, 0.15) is 16.8 Å². The molecule has 2 fully saturated rings. The predicted molar refractivity (Wildman–Crippen MR) is 88.3 cm³/mol. The Hall–Kier alpha value is -1.79. The Kier molecular flexibility index (Phi) is 5.03. The largest absolute Gasteiger partial charge is 0.497 e. The number of hydrogen-bond acceptors (Lipinski definition) is 5. The van der Waals surface area contributed by atoms with Gasteiger partial charge in [-0.2, -0.15) is 0 Å². The van der Waals surface area contributed by atoms with Crippen LogP contribution in [0.15, 0.2) is 18.2 Å². The van der Waals surface area contributed by atoms with Crippen LogP contribution in [-0.4, -0.2) is 75.2 Å². The molecule has 1 aromatic rings. The third-order valence-electron chi connectivity index (χ3n) is 4.79. The van der Waals surface area contributed by atoms with Gasteiger partial charge in [-0.25, -0.2) is 0 Å². The Morgan fingerprint density at radius 1 is 1.17 bits per heavy atom. The van der Waals surface area contributed by atoms with Gasteiger partial charge in [0.25, 0.3) is 5.91 Å². The number of carbonyl (C=O) groups excluding carboxylic acids is 1. The van der Waals surface area contributed by atoms with E-state index in [1.807, 2.05) is 4.90 Å². The number of carbonyl (C=O) groups is 1. The van der Waals surface area contributed by atoms with E-state index < -0.39 is 0 Å². The summed E-state index contributed by atoms with van der Waals surface area (Å²) in [4.78, 5) is 17.2. The highest BCUT2D eigenvalue weighted by molar-refractivity contribution is 5.97. The van der Waals surface area contributed by atoms with Crippen molar-refractivity contribution in [2.24, 2.45) is 0 Å². The highest BCUT2D eigenvalue weighted by Crippen LogP contribution is 2.26. The van der Waals surface area contributed by atoms with Crippen LogP contribution in [-0.2, 0) is 0 Å². The van der Waals surface area contributed by atoms with Crippen molar-refractivity contribution in [2.45, 2.75) is 12.5 Å². The SMILES string of the molecule is COc1ccc(OC)c(C(=O)N2CCN(C3CCNC3)CC2)c1. The molecule has 3 rings (SSSR count). The highest BCUT2D eigenvalue weighted by Gasteiger charge is 2.29. The Balaban J connectivity index is 1.67. The third-order valence-corrected chi connectivity index (χ3v) is 4.79. The predicted octanol–water partition coefficient (Wildman–Crippen LogP) is 0.824. The van der Waals surface area contributed by atoms with Crippen LogP contribution in [0.4, 0.5) is 0 Å². The quantitative estimate of drug-likeness (QED) is 0.891. The van der Waals surface area contributed by atoms with E-state index in [2.05, 4.69) is 10.2 Å². The number of nitrogens with one attached hydrogen (secondary N) is 1. The first-order valence-corrected chi connectivity index (χ1v) is 8.19. The van der Waals surface area contributed by atoms with Gasteiger partial charge in [-0.05, 0) is 31.2 Å². The van der Waals surface area contributed by atoms with Crippen LogP contribution < -0.4 is 14.8 Å². The monoisotopic (exact) mass is 319 g/mol. The molecule has 2 aliphatic heterocycles. The Morgan fingerprint density at radius 2 is 1.96 bits per heavy atom. The summed E-state index contributed by atoms with van der Waals surface area (Å²) in [5, 5.41) is 3.40. The molecule has 1 N–H and O–H groups in total. The van der Waals surface area contributed by atoms with Crippen molar-refractivity contribution in [1.82, 2.24) is 15.1 Å². The number of ether oxygens (including phenoxy) is 2. The molecule has 1 unspecified atom stereocenters. The van der Waals surface area contributed by atoms with Crippen LogP contribution in [0.25, 0.3) is 0 Å². The number of rotatable bonds is 4. The molecule has 0 saturated carbocycles. The van der Waals surface area contributed by atoms with Crippen LogP contribution >= 0.6 is 0 Å². The van der Waals surface area contributed by atoms with Crippen molar-refractivity contribution in [3.8, 4) is 11.5 Å². The maximum Gasteiger partial charge on any atom is 0.257 e. The van der Waals surface area contributed by atoms with E-state index >= 15 is 0 Å². The highest BCUT2D eigenvalue weighted by atomic mass is 16.5.